The normalized spacial score (nSPS) is 30.1. The fourth-order valence-corrected chi connectivity index (χ4v) is 4.81. The molecule has 4 rings (SSSR count). The van der Waals surface area contributed by atoms with Crippen LogP contribution in [0.1, 0.15) is 44.8 Å². The summed E-state index contributed by atoms with van der Waals surface area (Å²) in [4.78, 5) is 31.8. The molecule has 1 atom stereocenters. The average Bonchev–Trinajstić information content (AvgIpc) is 3.32. The van der Waals surface area contributed by atoms with Crippen molar-refractivity contribution in [1.29, 1.82) is 0 Å². The van der Waals surface area contributed by atoms with E-state index in [4.69, 9.17) is 4.42 Å². The maximum absolute atomic E-state index is 13.0. The fourth-order valence-electron chi connectivity index (χ4n) is 4.81. The summed E-state index contributed by atoms with van der Waals surface area (Å²) in [6.45, 7) is 6.92. The second-order valence-corrected chi connectivity index (χ2v) is 8.54. The van der Waals surface area contributed by atoms with E-state index >= 15 is 0 Å². The van der Waals surface area contributed by atoms with Crippen LogP contribution in [0.25, 0.3) is 0 Å². The van der Waals surface area contributed by atoms with Gasteiger partial charge in [-0.2, -0.15) is 0 Å². The number of amides is 2. The molecular formula is C21H31N3O3. The van der Waals surface area contributed by atoms with Crippen molar-refractivity contribution in [3.63, 3.8) is 0 Å². The van der Waals surface area contributed by atoms with Crippen molar-refractivity contribution in [2.75, 3.05) is 32.7 Å². The SMILES string of the molecule is CC1CCC(N2CC(C(=O)N3CCN(Cc4ccco4)CC3)CC2=O)CC1. The number of carbonyl (C=O) groups excluding carboxylic acids is 2. The zero-order chi connectivity index (χ0) is 18.8. The zero-order valence-electron chi connectivity index (χ0n) is 16.3. The molecule has 3 aliphatic rings. The van der Waals surface area contributed by atoms with E-state index < -0.39 is 0 Å². The quantitative estimate of drug-likeness (QED) is 0.813. The lowest BCUT2D eigenvalue weighted by molar-refractivity contribution is -0.137. The molecule has 1 aromatic rings. The highest BCUT2D eigenvalue weighted by Gasteiger charge is 2.40. The van der Waals surface area contributed by atoms with E-state index in [2.05, 4.69) is 11.8 Å². The van der Waals surface area contributed by atoms with Crippen molar-refractivity contribution in [3.8, 4) is 0 Å². The predicted octanol–water partition coefficient (Wildman–Crippen LogP) is 2.35. The number of nitrogens with zero attached hydrogens (tertiary/aromatic N) is 3. The van der Waals surface area contributed by atoms with Crippen LogP contribution in [0.2, 0.25) is 0 Å². The largest absolute Gasteiger partial charge is 0.468 e. The third-order valence-electron chi connectivity index (χ3n) is 6.58. The summed E-state index contributed by atoms with van der Waals surface area (Å²) in [5.41, 5.74) is 0. The lowest BCUT2D eigenvalue weighted by Gasteiger charge is -2.36. The Hall–Kier alpha value is -1.82. The lowest BCUT2D eigenvalue weighted by atomic mass is 9.86. The second-order valence-electron chi connectivity index (χ2n) is 8.54. The Morgan fingerprint density at radius 1 is 1.15 bits per heavy atom. The monoisotopic (exact) mass is 373 g/mol. The molecule has 1 aromatic heterocycles. The summed E-state index contributed by atoms with van der Waals surface area (Å²) in [5.74, 6) is 1.95. The summed E-state index contributed by atoms with van der Waals surface area (Å²) in [7, 11) is 0. The van der Waals surface area contributed by atoms with Crippen LogP contribution in [0.4, 0.5) is 0 Å². The van der Waals surface area contributed by atoms with E-state index in [-0.39, 0.29) is 17.7 Å². The molecule has 0 N–H and O–H groups in total. The van der Waals surface area contributed by atoms with Gasteiger partial charge >= 0.3 is 0 Å². The van der Waals surface area contributed by atoms with E-state index in [1.165, 1.54) is 12.8 Å². The van der Waals surface area contributed by atoms with Crippen LogP contribution in [-0.2, 0) is 16.1 Å². The Kier molecular flexibility index (Phi) is 5.53. The van der Waals surface area contributed by atoms with Crippen molar-refractivity contribution in [3.05, 3.63) is 24.2 Å². The molecule has 2 amide bonds. The van der Waals surface area contributed by atoms with Crippen molar-refractivity contribution >= 4 is 11.8 Å². The van der Waals surface area contributed by atoms with Gasteiger partial charge in [0.25, 0.3) is 0 Å². The Morgan fingerprint density at radius 2 is 1.89 bits per heavy atom. The minimum Gasteiger partial charge on any atom is -0.468 e. The number of likely N-dealkylation sites (tertiary alicyclic amines) is 1. The van der Waals surface area contributed by atoms with Crippen LogP contribution < -0.4 is 0 Å². The van der Waals surface area contributed by atoms with Crippen LogP contribution in [0, 0.1) is 11.8 Å². The number of carbonyl (C=O) groups is 2. The van der Waals surface area contributed by atoms with E-state index in [9.17, 15) is 9.59 Å². The standard InChI is InChI=1S/C21H31N3O3/c1-16-4-6-18(7-5-16)24-14-17(13-20(24)25)21(26)23-10-8-22(9-11-23)15-19-3-2-12-27-19/h2-3,12,16-18H,4-11,13-15H2,1H3. The van der Waals surface area contributed by atoms with Gasteiger partial charge < -0.3 is 14.2 Å². The van der Waals surface area contributed by atoms with Gasteiger partial charge in [-0.3, -0.25) is 14.5 Å². The first-order valence-electron chi connectivity index (χ1n) is 10.4. The average molecular weight is 373 g/mol. The summed E-state index contributed by atoms with van der Waals surface area (Å²) in [6, 6.07) is 4.25. The Morgan fingerprint density at radius 3 is 2.56 bits per heavy atom. The number of piperazine rings is 1. The number of hydrogen-bond acceptors (Lipinski definition) is 4. The van der Waals surface area contributed by atoms with Gasteiger partial charge in [-0.05, 0) is 43.7 Å². The minimum atomic E-state index is -0.145. The molecule has 148 valence electrons. The van der Waals surface area contributed by atoms with E-state index in [1.54, 1.807) is 6.26 Å². The molecule has 3 fully saturated rings. The lowest BCUT2D eigenvalue weighted by Crippen LogP contribution is -2.50. The van der Waals surface area contributed by atoms with Crippen molar-refractivity contribution in [2.24, 2.45) is 11.8 Å². The highest BCUT2D eigenvalue weighted by molar-refractivity contribution is 5.89. The van der Waals surface area contributed by atoms with Crippen molar-refractivity contribution < 1.29 is 14.0 Å². The maximum Gasteiger partial charge on any atom is 0.228 e. The summed E-state index contributed by atoms with van der Waals surface area (Å²) in [5, 5.41) is 0. The molecule has 6 nitrogen and oxygen atoms in total. The third-order valence-corrected chi connectivity index (χ3v) is 6.58. The predicted molar refractivity (Wildman–Crippen MR) is 102 cm³/mol. The molecule has 0 radical (unpaired) electrons. The molecule has 0 aromatic carbocycles. The van der Waals surface area contributed by atoms with Gasteiger partial charge in [-0.15, -0.1) is 0 Å². The van der Waals surface area contributed by atoms with Gasteiger partial charge in [0.2, 0.25) is 11.8 Å². The first-order valence-corrected chi connectivity index (χ1v) is 10.4. The van der Waals surface area contributed by atoms with Crippen LogP contribution in [-0.4, -0.2) is 65.3 Å². The van der Waals surface area contributed by atoms with Gasteiger partial charge in [0.05, 0.1) is 18.7 Å². The molecule has 3 heterocycles. The van der Waals surface area contributed by atoms with Gasteiger partial charge in [0, 0.05) is 45.2 Å². The first-order chi connectivity index (χ1) is 13.1. The third kappa shape index (κ3) is 4.21. The topological polar surface area (TPSA) is 57.0 Å². The number of furan rings is 1. The Balaban J connectivity index is 1.27. The van der Waals surface area contributed by atoms with Gasteiger partial charge in [-0.1, -0.05) is 6.92 Å². The fraction of sp³-hybridized carbons (Fsp3) is 0.714. The summed E-state index contributed by atoms with van der Waals surface area (Å²) >= 11 is 0. The number of rotatable bonds is 4. The van der Waals surface area contributed by atoms with Gasteiger partial charge in [0.15, 0.2) is 0 Å². The highest BCUT2D eigenvalue weighted by Crippen LogP contribution is 2.31. The molecule has 1 aliphatic carbocycles. The van der Waals surface area contributed by atoms with E-state index in [1.807, 2.05) is 21.9 Å². The molecule has 27 heavy (non-hydrogen) atoms. The highest BCUT2D eigenvalue weighted by atomic mass is 16.3. The molecule has 0 spiro atoms. The Labute approximate surface area is 161 Å². The molecule has 6 heteroatoms. The molecule has 1 unspecified atom stereocenters. The molecule has 1 saturated carbocycles. The number of hydrogen-bond donors (Lipinski definition) is 0. The summed E-state index contributed by atoms with van der Waals surface area (Å²) < 4.78 is 5.41. The van der Waals surface area contributed by atoms with Crippen LogP contribution in [0.3, 0.4) is 0 Å². The van der Waals surface area contributed by atoms with Crippen molar-refractivity contribution in [2.45, 2.75) is 51.6 Å². The van der Waals surface area contributed by atoms with Gasteiger partial charge in [-0.25, -0.2) is 0 Å². The van der Waals surface area contributed by atoms with E-state index in [0.29, 0.717) is 19.0 Å². The van der Waals surface area contributed by atoms with Gasteiger partial charge in [0.1, 0.15) is 5.76 Å². The van der Waals surface area contributed by atoms with Crippen LogP contribution in [0.5, 0.6) is 0 Å². The first kappa shape index (κ1) is 18.5. The van der Waals surface area contributed by atoms with Crippen LogP contribution in [0.15, 0.2) is 22.8 Å². The van der Waals surface area contributed by atoms with E-state index in [0.717, 1.165) is 57.2 Å². The van der Waals surface area contributed by atoms with Crippen LogP contribution >= 0.6 is 0 Å². The molecular weight excluding hydrogens is 342 g/mol. The second kappa shape index (κ2) is 8.05. The maximum atomic E-state index is 13.0. The minimum absolute atomic E-state index is 0.145. The smallest absolute Gasteiger partial charge is 0.228 e. The molecule has 2 aliphatic heterocycles. The summed E-state index contributed by atoms with van der Waals surface area (Å²) in [6.07, 6.45) is 6.69. The van der Waals surface area contributed by atoms with Crippen molar-refractivity contribution in [1.82, 2.24) is 14.7 Å². The zero-order valence-corrected chi connectivity index (χ0v) is 16.3. The Bertz CT molecular complexity index is 644. The molecule has 0 bridgehead atoms. The molecule has 2 saturated heterocycles.